The van der Waals surface area contributed by atoms with Gasteiger partial charge in [0, 0.05) is 12.4 Å². The predicted molar refractivity (Wildman–Crippen MR) is 57.0 cm³/mol. The number of aliphatic hydroxyl groups is 1. The summed E-state index contributed by atoms with van der Waals surface area (Å²) < 4.78 is 38.3. The Morgan fingerprint density at radius 2 is 2.11 bits per heavy atom. The molecule has 0 aliphatic rings. The lowest BCUT2D eigenvalue weighted by Crippen LogP contribution is -2.08. The van der Waals surface area contributed by atoms with Gasteiger partial charge in [-0.3, -0.25) is 0 Å². The molecule has 4 nitrogen and oxygen atoms in total. The van der Waals surface area contributed by atoms with Gasteiger partial charge in [-0.15, -0.1) is 0 Å². The first kappa shape index (κ1) is 12.6. The number of alkyl halides is 3. The molecule has 0 saturated carbocycles. The Kier molecular flexibility index (Phi) is 3.08. The van der Waals surface area contributed by atoms with E-state index in [1.54, 1.807) is 13.0 Å². The van der Waals surface area contributed by atoms with Gasteiger partial charge in [-0.25, -0.2) is 9.67 Å². The minimum atomic E-state index is -4.47. The van der Waals surface area contributed by atoms with Crippen LogP contribution >= 0.6 is 0 Å². The quantitative estimate of drug-likeness (QED) is 0.896. The Hall–Kier alpha value is -1.89. The highest BCUT2D eigenvalue weighted by Gasteiger charge is 2.33. The van der Waals surface area contributed by atoms with Gasteiger partial charge in [0.1, 0.15) is 0 Å². The molecule has 2 aromatic rings. The number of hydrogen-bond donors (Lipinski definition) is 1. The fourth-order valence-electron chi connectivity index (χ4n) is 1.55. The van der Waals surface area contributed by atoms with Crippen molar-refractivity contribution in [3.63, 3.8) is 0 Å². The molecule has 0 atom stereocenters. The molecule has 2 aromatic heterocycles. The molecule has 1 N–H and O–H groups in total. The highest BCUT2D eigenvalue weighted by atomic mass is 19.4. The molecule has 0 bridgehead atoms. The van der Waals surface area contributed by atoms with Crippen LogP contribution in [0.1, 0.15) is 16.8 Å². The van der Waals surface area contributed by atoms with Crippen LogP contribution < -0.4 is 0 Å². The standard InChI is InChI=1S/C11H10F3N3O/c1-7-4-8(6-18)5-15-10(7)17-3-2-9(16-17)11(12,13)14/h2-5,18H,6H2,1H3. The third-order valence-corrected chi connectivity index (χ3v) is 2.39. The third kappa shape index (κ3) is 2.35. The molecular formula is C11H10F3N3O. The van der Waals surface area contributed by atoms with E-state index in [4.69, 9.17) is 5.11 Å². The van der Waals surface area contributed by atoms with Crippen molar-refractivity contribution in [1.29, 1.82) is 0 Å². The highest BCUT2D eigenvalue weighted by Crippen LogP contribution is 2.28. The van der Waals surface area contributed by atoms with Crippen molar-refractivity contribution in [2.45, 2.75) is 19.7 Å². The normalized spacial score (nSPS) is 11.8. The maximum Gasteiger partial charge on any atom is 0.435 e. The van der Waals surface area contributed by atoms with Crippen LogP contribution in [-0.4, -0.2) is 19.9 Å². The lowest BCUT2D eigenvalue weighted by Gasteiger charge is -2.06. The van der Waals surface area contributed by atoms with Crippen LogP contribution in [0.4, 0.5) is 13.2 Å². The third-order valence-electron chi connectivity index (χ3n) is 2.39. The second-order valence-corrected chi connectivity index (χ2v) is 3.79. The molecule has 2 rings (SSSR count). The molecule has 96 valence electrons. The number of pyridine rings is 1. The lowest BCUT2D eigenvalue weighted by atomic mass is 10.2. The molecule has 0 spiro atoms. The van der Waals surface area contributed by atoms with E-state index >= 15 is 0 Å². The first-order valence-electron chi connectivity index (χ1n) is 5.11. The summed E-state index contributed by atoms with van der Waals surface area (Å²) in [6.45, 7) is 1.53. The molecule has 0 fully saturated rings. The van der Waals surface area contributed by atoms with Crippen molar-refractivity contribution in [3.05, 3.63) is 41.3 Å². The fraction of sp³-hybridized carbons (Fsp3) is 0.273. The second-order valence-electron chi connectivity index (χ2n) is 3.79. The Labute approximate surface area is 101 Å². The molecule has 0 aliphatic heterocycles. The zero-order chi connectivity index (χ0) is 13.3. The summed E-state index contributed by atoms with van der Waals surface area (Å²) >= 11 is 0. The van der Waals surface area contributed by atoms with Gasteiger partial charge in [0.05, 0.1) is 6.61 Å². The SMILES string of the molecule is Cc1cc(CO)cnc1-n1ccc(C(F)(F)F)n1. The topological polar surface area (TPSA) is 50.9 Å². The number of aliphatic hydroxyl groups excluding tert-OH is 1. The van der Waals surface area contributed by atoms with E-state index in [1.807, 2.05) is 0 Å². The monoisotopic (exact) mass is 257 g/mol. The van der Waals surface area contributed by atoms with Crippen LogP contribution in [0.15, 0.2) is 24.5 Å². The van der Waals surface area contributed by atoms with Gasteiger partial charge >= 0.3 is 6.18 Å². The highest BCUT2D eigenvalue weighted by molar-refractivity contribution is 5.34. The van der Waals surface area contributed by atoms with Crippen LogP contribution in [0.5, 0.6) is 0 Å². The minimum absolute atomic E-state index is 0.166. The van der Waals surface area contributed by atoms with E-state index in [0.717, 1.165) is 10.7 Å². The van der Waals surface area contributed by atoms with E-state index in [-0.39, 0.29) is 6.61 Å². The summed E-state index contributed by atoms with van der Waals surface area (Å²) in [5.41, 5.74) is 0.271. The maximum atomic E-state index is 12.4. The zero-order valence-corrected chi connectivity index (χ0v) is 9.44. The zero-order valence-electron chi connectivity index (χ0n) is 9.44. The summed E-state index contributed by atoms with van der Waals surface area (Å²) in [7, 11) is 0. The van der Waals surface area contributed by atoms with Crippen molar-refractivity contribution in [2.75, 3.05) is 0 Å². The summed E-state index contributed by atoms with van der Waals surface area (Å²) in [5, 5.41) is 12.4. The summed E-state index contributed by atoms with van der Waals surface area (Å²) in [5.74, 6) is 0.308. The van der Waals surface area contributed by atoms with Gasteiger partial charge in [-0.2, -0.15) is 18.3 Å². The number of aryl methyl sites for hydroxylation is 1. The molecular weight excluding hydrogens is 247 g/mol. The van der Waals surface area contributed by atoms with Crippen LogP contribution in [0, 0.1) is 6.92 Å². The summed E-state index contributed by atoms with van der Waals surface area (Å²) in [6, 6.07) is 2.54. The van der Waals surface area contributed by atoms with Gasteiger partial charge < -0.3 is 5.11 Å². The smallest absolute Gasteiger partial charge is 0.392 e. The van der Waals surface area contributed by atoms with E-state index in [1.165, 1.54) is 12.4 Å². The van der Waals surface area contributed by atoms with Crippen LogP contribution in [-0.2, 0) is 12.8 Å². The molecule has 0 aromatic carbocycles. The van der Waals surface area contributed by atoms with Crippen molar-refractivity contribution < 1.29 is 18.3 Å². The lowest BCUT2D eigenvalue weighted by molar-refractivity contribution is -0.141. The maximum absolute atomic E-state index is 12.4. The number of aromatic nitrogens is 3. The van der Waals surface area contributed by atoms with E-state index in [9.17, 15) is 13.2 Å². The molecule has 0 unspecified atom stereocenters. The minimum Gasteiger partial charge on any atom is -0.392 e. The van der Waals surface area contributed by atoms with E-state index in [0.29, 0.717) is 16.9 Å². The van der Waals surface area contributed by atoms with Gasteiger partial charge in [-0.1, -0.05) is 0 Å². The Bertz CT molecular complexity index is 563. The number of rotatable bonds is 2. The van der Waals surface area contributed by atoms with Crippen molar-refractivity contribution in [1.82, 2.24) is 14.8 Å². The fourth-order valence-corrected chi connectivity index (χ4v) is 1.55. The van der Waals surface area contributed by atoms with Crippen molar-refractivity contribution in [2.24, 2.45) is 0 Å². The second kappa shape index (κ2) is 4.41. The molecule has 18 heavy (non-hydrogen) atoms. The van der Waals surface area contributed by atoms with Crippen LogP contribution in [0.25, 0.3) is 5.82 Å². The molecule has 0 saturated heterocycles. The molecule has 0 radical (unpaired) electrons. The molecule has 7 heteroatoms. The number of halogens is 3. The largest absolute Gasteiger partial charge is 0.435 e. The average molecular weight is 257 g/mol. The van der Waals surface area contributed by atoms with Gasteiger partial charge in [0.25, 0.3) is 0 Å². The Morgan fingerprint density at radius 3 is 2.61 bits per heavy atom. The number of hydrogen-bond acceptors (Lipinski definition) is 3. The van der Waals surface area contributed by atoms with Crippen LogP contribution in [0.3, 0.4) is 0 Å². The Morgan fingerprint density at radius 1 is 1.39 bits per heavy atom. The Balaban J connectivity index is 2.40. The van der Waals surface area contributed by atoms with E-state index < -0.39 is 11.9 Å². The first-order valence-corrected chi connectivity index (χ1v) is 5.11. The summed E-state index contributed by atoms with van der Waals surface area (Å²) in [6.07, 6.45) is -1.86. The van der Waals surface area contributed by atoms with Crippen molar-refractivity contribution in [3.8, 4) is 5.82 Å². The van der Waals surface area contributed by atoms with Gasteiger partial charge in [0.2, 0.25) is 0 Å². The van der Waals surface area contributed by atoms with Crippen LogP contribution in [0.2, 0.25) is 0 Å². The van der Waals surface area contributed by atoms with Gasteiger partial charge in [-0.05, 0) is 30.2 Å². The number of nitrogens with zero attached hydrogens (tertiary/aromatic N) is 3. The van der Waals surface area contributed by atoms with E-state index in [2.05, 4.69) is 10.1 Å². The molecule has 2 heterocycles. The summed E-state index contributed by atoms with van der Waals surface area (Å²) in [4.78, 5) is 3.99. The molecule has 0 aliphatic carbocycles. The predicted octanol–water partition coefficient (Wildman–Crippen LogP) is 2.09. The van der Waals surface area contributed by atoms with Gasteiger partial charge in [0.15, 0.2) is 11.5 Å². The first-order chi connectivity index (χ1) is 8.41. The average Bonchev–Trinajstić information content (AvgIpc) is 2.77. The molecule has 0 amide bonds. The van der Waals surface area contributed by atoms with Crippen molar-refractivity contribution >= 4 is 0 Å².